The number of carbonyl (C=O) groups excluding carboxylic acids is 1. The third kappa shape index (κ3) is 3.37. The standard InChI is InChI=1S/C21H29N5O3/c1-13-16(14(2)28-23-13)10-18(27)26-11-17(20-22-19(24-29-20)15-4-5-15)21(12-26)6-8-25(3)9-7-21/h15,17H,4-12H2,1-3H3/t17-/m0/s1. The Kier molecular flexibility index (Phi) is 4.49. The van der Waals surface area contributed by atoms with E-state index in [1.165, 1.54) is 0 Å². The molecule has 29 heavy (non-hydrogen) atoms. The highest BCUT2D eigenvalue weighted by Crippen LogP contribution is 2.50. The van der Waals surface area contributed by atoms with Crippen LogP contribution in [0.3, 0.4) is 0 Å². The minimum Gasteiger partial charge on any atom is -0.361 e. The van der Waals surface area contributed by atoms with Gasteiger partial charge >= 0.3 is 0 Å². The smallest absolute Gasteiger partial charge is 0.232 e. The number of rotatable bonds is 4. The molecule has 4 heterocycles. The van der Waals surface area contributed by atoms with E-state index >= 15 is 0 Å². The number of nitrogens with zero attached hydrogens (tertiary/aromatic N) is 5. The molecule has 0 bridgehead atoms. The van der Waals surface area contributed by atoms with Gasteiger partial charge in [0, 0.05) is 30.0 Å². The van der Waals surface area contributed by atoms with Gasteiger partial charge in [-0.2, -0.15) is 4.98 Å². The van der Waals surface area contributed by atoms with Crippen LogP contribution >= 0.6 is 0 Å². The molecule has 1 atom stereocenters. The molecule has 1 saturated carbocycles. The van der Waals surface area contributed by atoms with E-state index in [2.05, 4.69) is 22.3 Å². The van der Waals surface area contributed by atoms with Crippen molar-refractivity contribution < 1.29 is 13.8 Å². The van der Waals surface area contributed by atoms with Crippen molar-refractivity contribution in [3.05, 3.63) is 28.7 Å². The molecule has 0 radical (unpaired) electrons. The second kappa shape index (κ2) is 6.93. The van der Waals surface area contributed by atoms with Crippen molar-refractivity contribution in [2.45, 2.75) is 57.8 Å². The van der Waals surface area contributed by atoms with Crippen molar-refractivity contribution in [1.82, 2.24) is 25.1 Å². The lowest BCUT2D eigenvalue weighted by Gasteiger charge is -2.40. The number of likely N-dealkylation sites (tertiary alicyclic amines) is 2. The highest BCUT2D eigenvalue weighted by atomic mass is 16.5. The van der Waals surface area contributed by atoms with Crippen LogP contribution in [0.2, 0.25) is 0 Å². The van der Waals surface area contributed by atoms with Gasteiger partial charge in [0.1, 0.15) is 5.76 Å². The summed E-state index contributed by atoms with van der Waals surface area (Å²) in [6.45, 7) is 7.24. The summed E-state index contributed by atoms with van der Waals surface area (Å²) in [5.41, 5.74) is 1.73. The van der Waals surface area contributed by atoms with Gasteiger partial charge in [0.25, 0.3) is 0 Å². The lowest BCUT2D eigenvalue weighted by Crippen LogP contribution is -2.42. The second-order valence-corrected chi connectivity index (χ2v) is 9.24. The van der Waals surface area contributed by atoms with Crippen LogP contribution in [0.1, 0.15) is 66.3 Å². The molecule has 5 rings (SSSR count). The van der Waals surface area contributed by atoms with Crippen molar-refractivity contribution in [1.29, 1.82) is 0 Å². The maximum Gasteiger partial charge on any atom is 0.232 e. The predicted molar refractivity (Wildman–Crippen MR) is 104 cm³/mol. The molecule has 2 aliphatic heterocycles. The molecule has 8 heteroatoms. The lowest BCUT2D eigenvalue weighted by molar-refractivity contribution is -0.130. The number of hydrogen-bond donors (Lipinski definition) is 0. The number of hydrogen-bond acceptors (Lipinski definition) is 7. The Balaban J connectivity index is 1.39. The fraction of sp³-hybridized carbons (Fsp3) is 0.714. The van der Waals surface area contributed by atoms with Gasteiger partial charge in [0.2, 0.25) is 11.8 Å². The van der Waals surface area contributed by atoms with Crippen molar-refractivity contribution in [3.63, 3.8) is 0 Å². The molecular weight excluding hydrogens is 370 g/mol. The molecule has 8 nitrogen and oxygen atoms in total. The average molecular weight is 399 g/mol. The van der Waals surface area contributed by atoms with E-state index in [9.17, 15) is 4.79 Å². The number of piperidine rings is 1. The van der Waals surface area contributed by atoms with E-state index in [1.54, 1.807) is 0 Å². The van der Waals surface area contributed by atoms with Crippen LogP contribution in [0.5, 0.6) is 0 Å². The van der Waals surface area contributed by atoms with E-state index in [0.717, 1.165) is 74.1 Å². The van der Waals surface area contributed by atoms with Crippen molar-refractivity contribution in [2.75, 3.05) is 33.2 Å². The van der Waals surface area contributed by atoms with Crippen LogP contribution in [0.4, 0.5) is 0 Å². The normalized spacial score (nSPS) is 24.5. The first-order valence-corrected chi connectivity index (χ1v) is 10.7. The molecule has 2 aromatic heterocycles. The Morgan fingerprint density at radius 3 is 2.59 bits per heavy atom. The summed E-state index contributed by atoms with van der Waals surface area (Å²) in [6, 6.07) is 0. The van der Waals surface area contributed by atoms with Gasteiger partial charge in [-0.05, 0) is 59.7 Å². The largest absolute Gasteiger partial charge is 0.361 e. The Morgan fingerprint density at radius 2 is 1.93 bits per heavy atom. The number of carbonyl (C=O) groups is 1. The molecule has 1 aliphatic carbocycles. The zero-order valence-electron chi connectivity index (χ0n) is 17.5. The number of amides is 1. The quantitative estimate of drug-likeness (QED) is 0.780. The molecule has 0 N–H and O–H groups in total. The average Bonchev–Trinajstić information content (AvgIpc) is 3.21. The van der Waals surface area contributed by atoms with Crippen LogP contribution in [0.25, 0.3) is 0 Å². The van der Waals surface area contributed by atoms with E-state index < -0.39 is 0 Å². The van der Waals surface area contributed by atoms with Gasteiger partial charge < -0.3 is 18.8 Å². The van der Waals surface area contributed by atoms with E-state index in [4.69, 9.17) is 14.0 Å². The minimum absolute atomic E-state index is 0.0221. The third-order valence-electron chi connectivity index (χ3n) is 7.19. The number of aromatic nitrogens is 3. The summed E-state index contributed by atoms with van der Waals surface area (Å²) in [6.07, 6.45) is 4.74. The Hall–Kier alpha value is -2.22. The minimum atomic E-state index is 0.0221. The molecule has 3 aliphatic rings. The second-order valence-electron chi connectivity index (χ2n) is 9.24. The van der Waals surface area contributed by atoms with Gasteiger partial charge in [-0.1, -0.05) is 10.3 Å². The summed E-state index contributed by atoms with van der Waals surface area (Å²) in [5.74, 6) is 3.02. The topological polar surface area (TPSA) is 88.5 Å². The molecule has 0 aromatic carbocycles. The zero-order valence-corrected chi connectivity index (χ0v) is 17.5. The molecule has 2 aromatic rings. The van der Waals surface area contributed by atoms with Crippen molar-refractivity contribution in [3.8, 4) is 0 Å². The zero-order chi connectivity index (χ0) is 20.2. The fourth-order valence-electron chi connectivity index (χ4n) is 4.98. The Labute approximate surface area is 170 Å². The van der Waals surface area contributed by atoms with Crippen LogP contribution < -0.4 is 0 Å². The third-order valence-corrected chi connectivity index (χ3v) is 7.19. The first-order chi connectivity index (χ1) is 13.9. The summed E-state index contributed by atoms with van der Waals surface area (Å²) in [4.78, 5) is 22.3. The molecule has 0 unspecified atom stereocenters. The molecule has 2 saturated heterocycles. The van der Waals surface area contributed by atoms with Crippen molar-refractivity contribution >= 4 is 5.91 Å². The van der Waals surface area contributed by atoms with Gasteiger partial charge in [0.15, 0.2) is 5.82 Å². The summed E-state index contributed by atoms with van der Waals surface area (Å²) in [7, 11) is 2.16. The summed E-state index contributed by atoms with van der Waals surface area (Å²) >= 11 is 0. The Bertz CT molecular complexity index is 888. The Morgan fingerprint density at radius 1 is 1.17 bits per heavy atom. The van der Waals surface area contributed by atoms with E-state index in [-0.39, 0.29) is 17.2 Å². The van der Waals surface area contributed by atoms with Gasteiger partial charge in [-0.15, -0.1) is 0 Å². The van der Waals surface area contributed by atoms with Crippen LogP contribution in [0.15, 0.2) is 9.05 Å². The van der Waals surface area contributed by atoms with Gasteiger partial charge in [0.05, 0.1) is 18.0 Å². The van der Waals surface area contributed by atoms with E-state index in [1.807, 2.05) is 18.7 Å². The highest BCUT2D eigenvalue weighted by Gasteiger charge is 2.52. The van der Waals surface area contributed by atoms with Crippen LogP contribution in [-0.4, -0.2) is 64.2 Å². The highest BCUT2D eigenvalue weighted by molar-refractivity contribution is 5.79. The maximum atomic E-state index is 13.2. The van der Waals surface area contributed by atoms with Gasteiger partial charge in [-0.25, -0.2) is 0 Å². The molecule has 156 valence electrons. The van der Waals surface area contributed by atoms with Crippen molar-refractivity contribution in [2.24, 2.45) is 5.41 Å². The summed E-state index contributed by atoms with van der Waals surface area (Å²) in [5, 5.41) is 8.24. The monoisotopic (exact) mass is 399 g/mol. The fourth-order valence-corrected chi connectivity index (χ4v) is 4.98. The molecule has 3 fully saturated rings. The SMILES string of the molecule is Cc1noc(C)c1CC(=O)N1C[C@@H](c2nc(C3CC3)no2)C2(CCN(C)CC2)C1. The van der Waals surface area contributed by atoms with E-state index in [0.29, 0.717) is 18.9 Å². The predicted octanol–water partition coefficient (Wildman–Crippen LogP) is 2.43. The molecule has 1 amide bonds. The molecule has 1 spiro atoms. The van der Waals surface area contributed by atoms with Gasteiger partial charge in [-0.3, -0.25) is 4.79 Å². The van der Waals surface area contributed by atoms with Crippen LogP contribution in [0, 0.1) is 19.3 Å². The summed E-state index contributed by atoms with van der Waals surface area (Å²) < 4.78 is 11.0. The number of aryl methyl sites for hydroxylation is 2. The lowest BCUT2D eigenvalue weighted by atomic mass is 9.71. The molecular formula is C21H29N5O3. The maximum absolute atomic E-state index is 13.2. The first-order valence-electron chi connectivity index (χ1n) is 10.7. The first kappa shape index (κ1) is 18.8. The van der Waals surface area contributed by atoms with Crippen LogP contribution in [-0.2, 0) is 11.2 Å².